The Bertz CT molecular complexity index is 936. The summed E-state index contributed by atoms with van der Waals surface area (Å²) in [4.78, 5) is 26.7. The number of para-hydroxylation sites is 1. The minimum atomic E-state index is -0.708. The predicted octanol–water partition coefficient (Wildman–Crippen LogP) is 3.60. The monoisotopic (exact) mass is 358 g/mol. The fraction of sp³-hybridized carbons (Fsp3) is 0.0588. The van der Waals surface area contributed by atoms with Crippen molar-refractivity contribution in [3.05, 3.63) is 74.4 Å². The molecular formula is C17H11ClN2O5. The smallest absolute Gasteiger partial charge is 0.363 e. The molecule has 126 valence electrons. The van der Waals surface area contributed by atoms with E-state index in [1.54, 1.807) is 30.3 Å². The van der Waals surface area contributed by atoms with Crippen LogP contribution in [-0.2, 0) is 9.53 Å². The van der Waals surface area contributed by atoms with Gasteiger partial charge in [-0.2, -0.15) is 0 Å². The Morgan fingerprint density at radius 1 is 1.28 bits per heavy atom. The van der Waals surface area contributed by atoms with Gasteiger partial charge in [-0.3, -0.25) is 10.1 Å². The number of rotatable bonds is 4. The number of benzene rings is 2. The third kappa shape index (κ3) is 3.36. The van der Waals surface area contributed by atoms with E-state index in [0.29, 0.717) is 16.3 Å². The highest BCUT2D eigenvalue weighted by Gasteiger charge is 2.26. The maximum absolute atomic E-state index is 12.0. The van der Waals surface area contributed by atoms with E-state index in [1.807, 2.05) is 0 Å². The van der Waals surface area contributed by atoms with Crippen molar-refractivity contribution in [2.24, 2.45) is 4.99 Å². The third-order valence-corrected chi connectivity index (χ3v) is 3.77. The van der Waals surface area contributed by atoms with Crippen molar-refractivity contribution in [2.75, 3.05) is 7.11 Å². The molecule has 0 unspecified atom stereocenters. The summed E-state index contributed by atoms with van der Waals surface area (Å²) in [6.45, 7) is 0. The van der Waals surface area contributed by atoms with Crippen LogP contribution in [0.15, 0.2) is 53.2 Å². The van der Waals surface area contributed by atoms with Crippen LogP contribution in [0.4, 0.5) is 5.69 Å². The summed E-state index contributed by atoms with van der Waals surface area (Å²) in [7, 11) is 1.51. The number of nitro groups is 1. The largest absolute Gasteiger partial charge is 0.497 e. The highest BCUT2D eigenvalue weighted by Crippen LogP contribution is 2.28. The number of carbonyl (C=O) groups is 1. The van der Waals surface area contributed by atoms with Gasteiger partial charge in [0.25, 0.3) is 5.69 Å². The Labute approximate surface area is 147 Å². The molecule has 0 N–H and O–H groups in total. The number of carbonyl (C=O) groups excluding carboxylic acids is 1. The molecule has 0 radical (unpaired) electrons. The van der Waals surface area contributed by atoms with Gasteiger partial charge in [-0.25, -0.2) is 9.79 Å². The molecule has 0 aliphatic carbocycles. The molecule has 0 saturated carbocycles. The molecule has 0 saturated heterocycles. The van der Waals surface area contributed by atoms with Gasteiger partial charge >= 0.3 is 5.97 Å². The van der Waals surface area contributed by atoms with Gasteiger partial charge in [0, 0.05) is 6.07 Å². The minimum absolute atomic E-state index is 0.0301. The van der Waals surface area contributed by atoms with Gasteiger partial charge in [0.05, 0.1) is 28.2 Å². The molecule has 0 fully saturated rings. The lowest BCUT2D eigenvalue weighted by molar-refractivity contribution is -0.385. The molecule has 0 aromatic heterocycles. The number of cyclic esters (lactones) is 1. The first-order valence-electron chi connectivity index (χ1n) is 7.09. The quantitative estimate of drug-likeness (QED) is 0.360. The first kappa shape index (κ1) is 16.7. The van der Waals surface area contributed by atoms with Crippen molar-refractivity contribution in [1.29, 1.82) is 0 Å². The Balaban J connectivity index is 2.00. The van der Waals surface area contributed by atoms with Gasteiger partial charge < -0.3 is 9.47 Å². The maximum atomic E-state index is 12.0. The summed E-state index contributed by atoms with van der Waals surface area (Å²) in [6, 6.07) is 10.9. The molecule has 25 heavy (non-hydrogen) atoms. The van der Waals surface area contributed by atoms with Gasteiger partial charge in [0.2, 0.25) is 5.90 Å². The second kappa shape index (κ2) is 6.74. The molecule has 1 heterocycles. The van der Waals surface area contributed by atoms with E-state index in [2.05, 4.69) is 4.99 Å². The lowest BCUT2D eigenvalue weighted by atomic mass is 10.1. The summed E-state index contributed by atoms with van der Waals surface area (Å²) in [6.07, 6.45) is 1.31. The van der Waals surface area contributed by atoms with Crippen molar-refractivity contribution >= 4 is 35.2 Å². The zero-order valence-electron chi connectivity index (χ0n) is 12.9. The summed E-state index contributed by atoms with van der Waals surface area (Å²) in [5.74, 6) is -0.128. The van der Waals surface area contributed by atoms with Crippen molar-refractivity contribution in [3.63, 3.8) is 0 Å². The van der Waals surface area contributed by atoms with Crippen molar-refractivity contribution in [3.8, 4) is 5.75 Å². The number of esters is 1. The topological polar surface area (TPSA) is 91.0 Å². The molecular weight excluding hydrogens is 348 g/mol. The van der Waals surface area contributed by atoms with Gasteiger partial charge in [0.1, 0.15) is 5.75 Å². The molecule has 8 heteroatoms. The zero-order valence-corrected chi connectivity index (χ0v) is 13.7. The number of aliphatic imine (C=N–C) groups is 1. The van der Waals surface area contributed by atoms with Crippen LogP contribution < -0.4 is 4.74 Å². The lowest BCUT2D eigenvalue weighted by Crippen LogP contribution is -2.06. The van der Waals surface area contributed by atoms with Gasteiger partial charge in [-0.1, -0.05) is 23.7 Å². The van der Waals surface area contributed by atoms with E-state index < -0.39 is 10.9 Å². The van der Waals surface area contributed by atoms with Crippen LogP contribution in [0.2, 0.25) is 5.02 Å². The number of hydrogen-bond donors (Lipinski definition) is 0. The number of ether oxygens (including phenoxy) is 2. The SMILES string of the molecule is COc1ccc(C2=NC(=Cc3ccccc3[N+](=O)[O-])C(=O)O2)c(Cl)c1. The van der Waals surface area contributed by atoms with Crippen LogP contribution in [0.3, 0.4) is 0 Å². The van der Waals surface area contributed by atoms with Gasteiger partial charge in [0.15, 0.2) is 5.70 Å². The maximum Gasteiger partial charge on any atom is 0.363 e. The fourth-order valence-corrected chi connectivity index (χ4v) is 2.50. The van der Waals surface area contributed by atoms with E-state index in [-0.39, 0.29) is 22.8 Å². The van der Waals surface area contributed by atoms with E-state index in [1.165, 1.54) is 25.3 Å². The van der Waals surface area contributed by atoms with E-state index >= 15 is 0 Å². The number of methoxy groups -OCH3 is 1. The average molecular weight is 359 g/mol. The Kier molecular flexibility index (Phi) is 4.49. The lowest BCUT2D eigenvalue weighted by Gasteiger charge is -2.05. The second-order valence-corrected chi connectivity index (χ2v) is 5.40. The molecule has 1 aliphatic rings. The summed E-state index contributed by atoms with van der Waals surface area (Å²) in [5, 5.41) is 11.4. The van der Waals surface area contributed by atoms with Crippen LogP contribution in [0, 0.1) is 10.1 Å². The minimum Gasteiger partial charge on any atom is -0.497 e. The van der Waals surface area contributed by atoms with Crippen molar-refractivity contribution in [2.45, 2.75) is 0 Å². The first-order chi connectivity index (χ1) is 12.0. The molecule has 2 aromatic carbocycles. The number of halogens is 1. The molecule has 7 nitrogen and oxygen atoms in total. The van der Waals surface area contributed by atoms with E-state index in [4.69, 9.17) is 21.1 Å². The van der Waals surface area contributed by atoms with Crippen LogP contribution in [0.25, 0.3) is 6.08 Å². The van der Waals surface area contributed by atoms with Gasteiger partial charge in [-0.05, 0) is 30.3 Å². The van der Waals surface area contributed by atoms with E-state index in [0.717, 1.165) is 0 Å². The normalized spacial score (nSPS) is 15.0. The molecule has 0 bridgehead atoms. The molecule has 0 atom stereocenters. The predicted molar refractivity (Wildman–Crippen MR) is 91.7 cm³/mol. The average Bonchev–Trinajstić information content (AvgIpc) is 2.95. The Morgan fingerprint density at radius 3 is 2.72 bits per heavy atom. The van der Waals surface area contributed by atoms with Crippen molar-refractivity contribution in [1.82, 2.24) is 0 Å². The molecule has 2 aromatic rings. The Hall–Kier alpha value is -3.19. The molecule has 0 spiro atoms. The summed E-state index contributed by atoms with van der Waals surface area (Å²) >= 11 is 6.15. The molecule has 0 amide bonds. The number of nitro benzene ring substituents is 1. The number of hydrogen-bond acceptors (Lipinski definition) is 6. The van der Waals surface area contributed by atoms with Crippen LogP contribution >= 0.6 is 11.6 Å². The van der Waals surface area contributed by atoms with Crippen molar-refractivity contribution < 1.29 is 19.2 Å². The van der Waals surface area contributed by atoms with Crippen LogP contribution in [-0.4, -0.2) is 23.9 Å². The van der Waals surface area contributed by atoms with E-state index in [9.17, 15) is 14.9 Å². The first-order valence-corrected chi connectivity index (χ1v) is 7.47. The Morgan fingerprint density at radius 2 is 2.04 bits per heavy atom. The number of nitrogens with zero attached hydrogens (tertiary/aromatic N) is 2. The standard InChI is InChI=1S/C17H11ClN2O5/c1-24-11-6-7-12(13(18)9-11)16-19-14(17(21)25-16)8-10-4-2-3-5-15(10)20(22)23/h2-9H,1H3. The van der Waals surface area contributed by atoms with Gasteiger partial charge in [-0.15, -0.1) is 0 Å². The van der Waals surface area contributed by atoms with Crippen LogP contribution in [0.5, 0.6) is 5.75 Å². The third-order valence-electron chi connectivity index (χ3n) is 3.45. The van der Waals surface area contributed by atoms with Crippen LogP contribution in [0.1, 0.15) is 11.1 Å². The summed E-state index contributed by atoms with van der Waals surface area (Å²) < 4.78 is 10.2. The molecule has 1 aliphatic heterocycles. The second-order valence-electron chi connectivity index (χ2n) is 5.00. The highest BCUT2D eigenvalue weighted by molar-refractivity contribution is 6.34. The summed E-state index contributed by atoms with van der Waals surface area (Å²) in [5.41, 5.74) is 0.497. The highest BCUT2D eigenvalue weighted by atomic mass is 35.5. The molecule has 3 rings (SSSR count). The fourth-order valence-electron chi connectivity index (χ4n) is 2.24. The zero-order chi connectivity index (χ0) is 18.0.